The van der Waals surface area contributed by atoms with E-state index in [2.05, 4.69) is 5.32 Å². The molecule has 114 valence electrons. The van der Waals surface area contributed by atoms with Crippen LogP contribution < -0.4 is 5.32 Å². The number of non-ortho nitro benzene ring substituents is 1. The lowest BCUT2D eigenvalue weighted by Gasteiger charge is -2.08. The molecule has 0 aliphatic heterocycles. The number of rotatable bonds is 7. The zero-order valence-electron chi connectivity index (χ0n) is 11.6. The van der Waals surface area contributed by atoms with Crippen LogP contribution in [0.2, 0.25) is 0 Å². The summed E-state index contributed by atoms with van der Waals surface area (Å²) in [4.78, 5) is 21.4. The monoisotopic (exact) mass is 295 g/mol. The Bertz CT molecular complexity index is 501. The van der Waals surface area contributed by atoms with Gasteiger partial charge in [0.05, 0.1) is 11.5 Å². The van der Waals surface area contributed by atoms with Crippen molar-refractivity contribution in [3.05, 3.63) is 39.9 Å². The summed E-state index contributed by atoms with van der Waals surface area (Å²) >= 11 is 0. The number of benzene rings is 1. The molecule has 8 nitrogen and oxygen atoms in total. The van der Waals surface area contributed by atoms with Crippen molar-refractivity contribution in [2.24, 2.45) is 0 Å². The third kappa shape index (κ3) is 6.37. The first-order chi connectivity index (χ1) is 10.0. The molecule has 2 N–H and O–H groups in total. The number of alkyl carbamates (subject to hydrolysis) is 1. The van der Waals surface area contributed by atoms with Gasteiger partial charge in [0.2, 0.25) is 0 Å². The molecule has 0 aromatic heterocycles. The molecule has 0 spiro atoms. The Balaban J connectivity index is 2.26. The number of carbonyl (C=O) groups excluding carboxylic acids is 1. The largest absolute Gasteiger partial charge is 0.481 e. The Labute approximate surface area is 121 Å². The fourth-order valence-electron chi connectivity index (χ4n) is 1.44. The number of carbonyl (C=O) groups is 1. The molecule has 0 atom stereocenters. The molecule has 1 rings (SSSR count). The molecule has 1 aromatic carbocycles. The predicted octanol–water partition coefficient (Wildman–Crippen LogP) is 2.22. The molecular formula is C13H17N3O5. The van der Waals surface area contributed by atoms with Gasteiger partial charge in [-0.15, -0.1) is 0 Å². The van der Waals surface area contributed by atoms with Gasteiger partial charge >= 0.3 is 6.09 Å². The van der Waals surface area contributed by atoms with Crippen molar-refractivity contribution in [3.8, 4) is 0 Å². The van der Waals surface area contributed by atoms with E-state index in [0.717, 1.165) is 0 Å². The van der Waals surface area contributed by atoms with Crippen LogP contribution in [-0.4, -0.2) is 30.1 Å². The van der Waals surface area contributed by atoms with Crippen molar-refractivity contribution in [2.45, 2.75) is 20.0 Å². The second kappa shape index (κ2) is 8.51. The first kappa shape index (κ1) is 16.4. The third-order valence-corrected chi connectivity index (χ3v) is 2.46. The number of ether oxygens (including phenoxy) is 2. The Hall–Kier alpha value is -2.64. The number of nitro benzene ring substituents is 1. The van der Waals surface area contributed by atoms with Crippen molar-refractivity contribution in [1.29, 1.82) is 5.41 Å². The molecule has 0 heterocycles. The minimum atomic E-state index is -0.613. The van der Waals surface area contributed by atoms with E-state index in [1.54, 1.807) is 6.92 Å². The zero-order chi connectivity index (χ0) is 15.7. The highest BCUT2D eigenvalue weighted by Crippen LogP contribution is 2.12. The normalized spacial score (nSPS) is 9.76. The molecule has 1 aromatic rings. The molecule has 0 bridgehead atoms. The summed E-state index contributed by atoms with van der Waals surface area (Å²) in [5.41, 5.74) is 0.635. The van der Waals surface area contributed by atoms with Crippen LogP contribution in [0.1, 0.15) is 18.9 Å². The molecule has 21 heavy (non-hydrogen) atoms. The van der Waals surface area contributed by atoms with Gasteiger partial charge in [0.15, 0.2) is 5.90 Å². The van der Waals surface area contributed by atoms with Crippen LogP contribution in [0, 0.1) is 15.5 Å². The number of nitrogens with one attached hydrogen (secondary N) is 2. The van der Waals surface area contributed by atoms with E-state index in [1.807, 2.05) is 0 Å². The Morgan fingerprint density at radius 1 is 1.33 bits per heavy atom. The van der Waals surface area contributed by atoms with Crippen LogP contribution in [0.15, 0.2) is 24.3 Å². The van der Waals surface area contributed by atoms with Gasteiger partial charge in [0, 0.05) is 25.1 Å². The third-order valence-electron chi connectivity index (χ3n) is 2.46. The fourth-order valence-corrected chi connectivity index (χ4v) is 1.44. The van der Waals surface area contributed by atoms with E-state index >= 15 is 0 Å². The number of hydrogen-bond acceptors (Lipinski definition) is 6. The molecular weight excluding hydrogens is 278 g/mol. The molecule has 0 fully saturated rings. The molecule has 0 aliphatic rings. The molecule has 0 saturated carbocycles. The van der Waals surface area contributed by atoms with Gasteiger partial charge in [-0.2, -0.15) is 0 Å². The highest BCUT2D eigenvalue weighted by molar-refractivity contribution is 5.74. The first-order valence-corrected chi connectivity index (χ1v) is 6.37. The smallest absolute Gasteiger partial charge is 0.407 e. The zero-order valence-corrected chi connectivity index (χ0v) is 11.6. The topological polar surface area (TPSA) is 115 Å². The minimum Gasteiger partial charge on any atom is -0.481 e. The lowest BCUT2D eigenvalue weighted by atomic mass is 10.2. The fraction of sp³-hybridized carbons (Fsp3) is 0.385. The lowest BCUT2D eigenvalue weighted by Crippen LogP contribution is -2.27. The Morgan fingerprint density at radius 3 is 2.57 bits per heavy atom. The molecule has 0 radical (unpaired) electrons. The van der Waals surface area contributed by atoms with Gasteiger partial charge in [-0.1, -0.05) is 0 Å². The van der Waals surface area contributed by atoms with E-state index in [9.17, 15) is 14.9 Å². The molecule has 1 amide bonds. The van der Waals surface area contributed by atoms with Crippen LogP contribution in [0.4, 0.5) is 10.5 Å². The van der Waals surface area contributed by atoms with E-state index in [4.69, 9.17) is 14.9 Å². The van der Waals surface area contributed by atoms with E-state index in [0.29, 0.717) is 18.6 Å². The van der Waals surface area contributed by atoms with Crippen molar-refractivity contribution in [3.63, 3.8) is 0 Å². The second-order valence-electron chi connectivity index (χ2n) is 4.03. The summed E-state index contributed by atoms with van der Waals surface area (Å²) < 4.78 is 9.86. The number of hydrogen-bond donors (Lipinski definition) is 2. The number of nitrogens with zero attached hydrogens (tertiary/aromatic N) is 1. The summed E-state index contributed by atoms with van der Waals surface area (Å²) in [7, 11) is 0. The highest BCUT2D eigenvalue weighted by atomic mass is 16.6. The predicted molar refractivity (Wildman–Crippen MR) is 75.3 cm³/mol. The van der Waals surface area contributed by atoms with Crippen molar-refractivity contribution < 1.29 is 19.2 Å². The van der Waals surface area contributed by atoms with Crippen LogP contribution in [0.3, 0.4) is 0 Å². The number of amides is 1. The molecule has 0 aliphatic carbocycles. The quantitative estimate of drug-likeness (QED) is 0.346. The van der Waals surface area contributed by atoms with E-state index in [1.165, 1.54) is 24.3 Å². The van der Waals surface area contributed by atoms with Crippen LogP contribution in [0.5, 0.6) is 0 Å². The SMILES string of the molecule is CCOC(=N)CCNC(=O)OCc1ccc([N+](=O)[O-])cc1. The van der Waals surface area contributed by atoms with Crippen molar-refractivity contribution in [1.82, 2.24) is 5.32 Å². The lowest BCUT2D eigenvalue weighted by molar-refractivity contribution is -0.384. The van der Waals surface area contributed by atoms with Gasteiger partial charge < -0.3 is 14.8 Å². The summed E-state index contributed by atoms with van der Waals surface area (Å²) in [6.07, 6.45) is -0.321. The molecule has 0 unspecified atom stereocenters. The Kier molecular flexibility index (Phi) is 6.66. The maximum Gasteiger partial charge on any atom is 0.407 e. The highest BCUT2D eigenvalue weighted by Gasteiger charge is 2.06. The first-order valence-electron chi connectivity index (χ1n) is 6.37. The van der Waals surface area contributed by atoms with E-state index < -0.39 is 11.0 Å². The summed E-state index contributed by atoms with van der Waals surface area (Å²) in [6, 6.07) is 5.74. The van der Waals surface area contributed by atoms with Crippen molar-refractivity contribution in [2.75, 3.05) is 13.2 Å². The summed E-state index contributed by atoms with van der Waals surface area (Å²) in [6.45, 7) is 2.47. The summed E-state index contributed by atoms with van der Waals surface area (Å²) in [5.74, 6) is 0.105. The van der Waals surface area contributed by atoms with Crippen LogP contribution in [0.25, 0.3) is 0 Å². The van der Waals surface area contributed by atoms with Gasteiger partial charge in [-0.05, 0) is 24.6 Å². The Morgan fingerprint density at radius 2 is 2.00 bits per heavy atom. The van der Waals surface area contributed by atoms with Gasteiger partial charge in [0.25, 0.3) is 5.69 Å². The average molecular weight is 295 g/mol. The van der Waals surface area contributed by atoms with Crippen LogP contribution in [-0.2, 0) is 16.1 Å². The maximum absolute atomic E-state index is 11.4. The van der Waals surface area contributed by atoms with Gasteiger partial charge in [0.1, 0.15) is 6.61 Å². The van der Waals surface area contributed by atoms with Crippen molar-refractivity contribution >= 4 is 17.7 Å². The maximum atomic E-state index is 11.4. The minimum absolute atomic E-state index is 0.0161. The van der Waals surface area contributed by atoms with Crippen LogP contribution >= 0.6 is 0 Å². The summed E-state index contributed by atoms with van der Waals surface area (Å²) in [5, 5.41) is 20.3. The molecule has 8 heteroatoms. The number of nitro groups is 1. The molecule has 0 saturated heterocycles. The van der Waals surface area contributed by atoms with E-state index in [-0.39, 0.29) is 24.7 Å². The van der Waals surface area contributed by atoms with Gasteiger partial charge in [-0.3, -0.25) is 15.5 Å². The standard InChI is InChI=1S/C13H17N3O5/c1-2-20-12(14)7-8-15-13(17)21-9-10-3-5-11(6-4-10)16(18)19/h3-6,14H,2,7-9H2,1H3,(H,15,17). The average Bonchev–Trinajstić information content (AvgIpc) is 2.46. The second-order valence-corrected chi connectivity index (χ2v) is 4.03. The van der Waals surface area contributed by atoms with Gasteiger partial charge in [-0.25, -0.2) is 4.79 Å².